The summed E-state index contributed by atoms with van der Waals surface area (Å²) in [4.78, 5) is 10.6. The molecule has 5 heteroatoms. The van der Waals surface area contributed by atoms with E-state index in [2.05, 4.69) is 43.0 Å². The van der Waals surface area contributed by atoms with E-state index >= 15 is 0 Å². The molecule has 0 saturated carbocycles. The molecule has 0 aliphatic carbocycles. The number of nitrogens with one attached hydrogen (secondary N) is 1. The largest absolute Gasteiger partial charge is 0.369 e. The molecule has 0 saturated heterocycles. The number of rotatable bonds is 5. The van der Waals surface area contributed by atoms with Gasteiger partial charge in [0.25, 0.3) is 0 Å². The van der Waals surface area contributed by atoms with Gasteiger partial charge in [-0.1, -0.05) is 6.92 Å². The second kappa shape index (κ2) is 5.90. The summed E-state index contributed by atoms with van der Waals surface area (Å²) in [6, 6.07) is 0. The van der Waals surface area contributed by atoms with Crippen molar-refractivity contribution < 1.29 is 0 Å². The predicted octanol–water partition coefficient (Wildman–Crippen LogP) is 2.52. The quantitative estimate of drug-likeness (QED) is 0.895. The molecule has 0 unspecified atom stereocenters. The zero-order chi connectivity index (χ0) is 11.3. The van der Waals surface area contributed by atoms with E-state index in [9.17, 15) is 0 Å². The summed E-state index contributed by atoms with van der Waals surface area (Å²) in [7, 11) is 2.03. The number of halogens is 1. The fraction of sp³-hybridized carbons (Fsp3) is 0.600. The number of nitrogens with zero attached hydrogens (tertiary/aromatic N) is 3. The molecule has 0 bridgehead atoms. The molecule has 0 aliphatic rings. The van der Waals surface area contributed by atoms with Gasteiger partial charge in [-0.2, -0.15) is 0 Å². The molecule has 1 aromatic heterocycles. The van der Waals surface area contributed by atoms with Crippen molar-refractivity contribution in [1.82, 2.24) is 9.97 Å². The van der Waals surface area contributed by atoms with Crippen LogP contribution in [-0.2, 0) is 0 Å². The van der Waals surface area contributed by atoms with E-state index in [0.29, 0.717) is 0 Å². The monoisotopic (exact) mass is 272 g/mol. The lowest BCUT2D eigenvalue weighted by Gasteiger charge is -2.19. The van der Waals surface area contributed by atoms with Crippen LogP contribution in [0.1, 0.15) is 20.3 Å². The lowest BCUT2D eigenvalue weighted by atomic mass is 10.4. The van der Waals surface area contributed by atoms with Crippen LogP contribution in [0.25, 0.3) is 0 Å². The third-order valence-corrected chi connectivity index (χ3v) is 2.77. The first-order valence-electron chi connectivity index (χ1n) is 5.16. The first-order chi connectivity index (χ1) is 7.20. The summed E-state index contributed by atoms with van der Waals surface area (Å²) >= 11 is 3.52. The topological polar surface area (TPSA) is 41.1 Å². The van der Waals surface area contributed by atoms with Crippen molar-refractivity contribution in [1.29, 1.82) is 0 Å². The van der Waals surface area contributed by atoms with Crippen LogP contribution in [0.4, 0.5) is 11.6 Å². The molecule has 0 spiro atoms. The first-order valence-corrected chi connectivity index (χ1v) is 5.95. The van der Waals surface area contributed by atoms with Crippen molar-refractivity contribution in [3.05, 3.63) is 10.8 Å². The van der Waals surface area contributed by atoms with Crippen LogP contribution < -0.4 is 10.2 Å². The van der Waals surface area contributed by atoms with Crippen molar-refractivity contribution in [3.8, 4) is 0 Å². The summed E-state index contributed by atoms with van der Waals surface area (Å²) in [5, 5.41) is 3.19. The zero-order valence-electron chi connectivity index (χ0n) is 9.42. The third-order valence-electron chi connectivity index (χ3n) is 2.04. The van der Waals surface area contributed by atoms with Crippen LogP contribution >= 0.6 is 15.9 Å². The van der Waals surface area contributed by atoms with Gasteiger partial charge >= 0.3 is 0 Å². The Morgan fingerprint density at radius 3 is 2.73 bits per heavy atom. The average Bonchev–Trinajstić information content (AvgIpc) is 2.22. The van der Waals surface area contributed by atoms with Gasteiger partial charge < -0.3 is 10.2 Å². The summed E-state index contributed by atoms with van der Waals surface area (Å²) in [6.45, 7) is 6.04. The van der Waals surface area contributed by atoms with E-state index in [1.165, 1.54) is 0 Å². The molecule has 0 radical (unpaired) electrons. The van der Waals surface area contributed by atoms with E-state index in [1.807, 2.05) is 14.0 Å². The number of hydrogen-bond acceptors (Lipinski definition) is 4. The van der Waals surface area contributed by atoms with Crippen LogP contribution in [0.3, 0.4) is 0 Å². The lowest BCUT2D eigenvalue weighted by molar-refractivity contribution is 0.831. The Bertz CT molecular complexity index is 316. The third kappa shape index (κ3) is 3.06. The Hall–Kier alpha value is -0.840. The second-order valence-electron chi connectivity index (χ2n) is 3.31. The van der Waals surface area contributed by atoms with Crippen LogP contribution in [0.2, 0.25) is 0 Å². The Kier molecular flexibility index (Phi) is 4.81. The maximum Gasteiger partial charge on any atom is 0.148 e. The van der Waals surface area contributed by atoms with Crippen molar-refractivity contribution in [2.24, 2.45) is 0 Å². The summed E-state index contributed by atoms with van der Waals surface area (Å²) in [5.41, 5.74) is 0. The first kappa shape index (κ1) is 12.2. The highest BCUT2D eigenvalue weighted by molar-refractivity contribution is 9.10. The minimum atomic E-state index is 0.852. The highest BCUT2D eigenvalue weighted by Gasteiger charge is 2.10. The Labute approximate surface area is 99.2 Å². The van der Waals surface area contributed by atoms with Crippen LogP contribution in [0, 0.1) is 0 Å². The zero-order valence-corrected chi connectivity index (χ0v) is 11.0. The van der Waals surface area contributed by atoms with Crippen LogP contribution in [0.15, 0.2) is 10.8 Å². The van der Waals surface area contributed by atoms with Crippen LogP contribution in [0.5, 0.6) is 0 Å². The molecular weight excluding hydrogens is 256 g/mol. The number of anilines is 2. The molecule has 15 heavy (non-hydrogen) atoms. The van der Waals surface area contributed by atoms with Crippen molar-refractivity contribution in [3.63, 3.8) is 0 Å². The van der Waals surface area contributed by atoms with E-state index < -0.39 is 0 Å². The molecule has 0 amide bonds. The average molecular weight is 273 g/mol. The van der Waals surface area contributed by atoms with Gasteiger partial charge in [0, 0.05) is 20.1 Å². The molecule has 4 nitrogen and oxygen atoms in total. The molecule has 1 rings (SSSR count). The Morgan fingerprint density at radius 1 is 1.40 bits per heavy atom. The van der Waals surface area contributed by atoms with Gasteiger partial charge in [-0.15, -0.1) is 0 Å². The van der Waals surface area contributed by atoms with Gasteiger partial charge in [-0.05, 0) is 29.3 Å². The fourth-order valence-corrected chi connectivity index (χ4v) is 2.01. The highest BCUT2D eigenvalue weighted by Crippen LogP contribution is 2.28. The smallest absolute Gasteiger partial charge is 0.148 e. The van der Waals surface area contributed by atoms with Gasteiger partial charge in [-0.3, -0.25) is 0 Å². The van der Waals surface area contributed by atoms with E-state index in [-0.39, 0.29) is 0 Å². The Balaban J connectivity index is 2.92. The van der Waals surface area contributed by atoms with Crippen molar-refractivity contribution in [2.45, 2.75) is 20.3 Å². The molecular formula is C10H17BrN4. The SMILES string of the molecule is CCCN(C)c1ncnc(NCC)c1Br. The highest BCUT2D eigenvalue weighted by atomic mass is 79.9. The van der Waals surface area contributed by atoms with E-state index in [4.69, 9.17) is 0 Å². The maximum atomic E-state index is 4.27. The molecule has 0 fully saturated rings. The van der Waals surface area contributed by atoms with Crippen LogP contribution in [-0.4, -0.2) is 30.1 Å². The minimum absolute atomic E-state index is 0.852. The standard InChI is InChI=1S/C10H17BrN4/c1-4-6-15(3)10-8(11)9(12-5-2)13-7-14-10/h7H,4-6H2,1-3H3,(H,12,13,14). The predicted molar refractivity (Wildman–Crippen MR) is 67.5 cm³/mol. The van der Waals surface area contributed by atoms with E-state index in [1.54, 1.807) is 6.33 Å². The maximum absolute atomic E-state index is 4.27. The second-order valence-corrected chi connectivity index (χ2v) is 4.10. The molecule has 1 heterocycles. The summed E-state index contributed by atoms with van der Waals surface area (Å²) in [6.07, 6.45) is 2.69. The molecule has 84 valence electrons. The number of hydrogen-bond donors (Lipinski definition) is 1. The molecule has 0 aromatic carbocycles. The van der Waals surface area contributed by atoms with Crippen molar-refractivity contribution >= 4 is 27.6 Å². The van der Waals surface area contributed by atoms with Gasteiger partial charge in [0.1, 0.15) is 22.4 Å². The van der Waals surface area contributed by atoms with Gasteiger partial charge in [0.15, 0.2) is 0 Å². The van der Waals surface area contributed by atoms with Gasteiger partial charge in [0.05, 0.1) is 0 Å². The van der Waals surface area contributed by atoms with Gasteiger partial charge in [-0.25, -0.2) is 9.97 Å². The summed E-state index contributed by atoms with van der Waals surface area (Å²) < 4.78 is 0.933. The van der Waals surface area contributed by atoms with Gasteiger partial charge in [0.2, 0.25) is 0 Å². The van der Waals surface area contributed by atoms with Crippen molar-refractivity contribution in [2.75, 3.05) is 30.4 Å². The molecule has 0 atom stereocenters. The fourth-order valence-electron chi connectivity index (χ4n) is 1.36. The normalized spacial score (nSPS) is 10.1. The molecule has 0 aliphatic heterocycles. The van der Waals surface area contributed by atoms with E-state index in [0.717, 1.165) is 35.6 Å². The Morgan fingerprint density at radius 2 is 2.13 bits per heavy atom. The summed E-state index contributed by atoms with van der Waals surface area (Å²) in [5.74, 6) is 1.79. The number of aromatic nitrogens is 2. The molecule has 1 N–H and O–H groups in total. The molecule has 1 aromatic rings. The minimum Gasteiger partial charge on any atom is -0.369 e. The lowest BCUT2D eigenvalue weighted by Crippen LogP contribution is -2.20.